The fourth-order valence-electron chi connectivity index (χ4n) is 2.62. The van der Waals surface area contributed by atoms with Crippen molar-refractivity contribution in [2.75, 3.05) is 32.1 Å². The maximum Gasteiger partial charge on any atom is 0.0931 e. The number of pyridine rings is 1. The van der Waals surface area contributed by atoms with Gasteiger partial charge in [-0.2, -0.15) is 0 Å². The third kappa shape index (κ3) is 3.43. The van der Waals surface area contributed by atoms with Crippen LogP contribution in [-0.2, 0) is 0 Å². The smallest absolute Gasteiger partial charge is 0.0931 e. The average molecular weight is 265 g/mol. The summed E-state index contributed by atoms with van der Waals surface area (Å²) in [6, 6.07) is 4.12. The van der Waals surface area contributed by atoms with E-state index in [-0.39, 0.29) is 6.10 Å². The van der Waals surface area contributed by atoms with Crippen LogP contribution in [0, 0.1) is 0 Å². The molecule has 5 nitrogen and oxygen atoms in total. The Bertz CT molecular complexity index is 406. The van der Waals surface area contributed by atoms with Crippen LogP contribution in [0.5, 0.6) is 0 Å². The Morgan fingerprint density at radius 2 is 2.21 bits per heavy atom. The minimum atomic E-state index is -0.546. The van der Waals surface area contributed by atoms with E-state index >= 15 is 0 Å². The fraction of sp³-hybridized carbons (Fsp3) is 0.643. The van der Waals surface area contributed by atoms with Crippen LogP contribution >= 0.6 is 0 Å². The van der Waals surface area contributed by atoms with E-state index in [1.807, 2.05) is 26.2 Å². The fourth-order valence-corrected chi connectivity index (χ4v) is 2.62. The molecule has 106 valence electrons. The van der Waals surface area contributed by atoms with Crippen molar-refractivity contribution >= 4 is 5.69 Å². The summed E-state index contributed by atoms with van der Waals surface area (Å²) < 4.78 is 0. The maximum absolute atomic E-state index is 9.87. The number of hydrogen-bond donors (Lipinski definition) is 2. The predicted octanol–water partition coefficient (Wildman–Crippen LogP) is 0.636. The van der Waals surface area contributed by atoms with Gasteiger partial charge in [0.25, 0.3) is 0 Å². The molecule has 5 heteroatoms. The topological polar surface area (TPSA) is 59.8 Å². The van der Waals surface area contributed by atoms with Crippen molar-refractivity contribution in [3.63, 3.8) is 0 Å². The summed E-state index contributed by atoms with van der Waals surface area (Å²) in [5.41, 5.74) is 1.68. The number of anilines is 1. The van der Waals surface area contributed by atoms with Crippen molar-refractivity contribution in [2.45, 2.75) is 31.6 Å². The standard InChI is InChI=1S/C14H23N3O2/c1-10(18)14-5-4-11(7-15-14)17-9-13(19)6-12(17)8-16(2)3/h4-5,7,10,12-13,18-19H,6,8-9H2,1-3H3/t10-,12?,13?/m0/s1. The summed E-state index contributed by atoms with van der Waals surface area (Å²) in [4.78, 5) is 8.60. The Morgan fingerprint density at radius 3 is 2.74 bits per heavy atom. The van der Waals surface area contributed by atoms with Gasteiger partial charge in [0.05, 0.1) is 29.8 Å². The van der Waals surface area contributed by atoms with Gasteiger partial charge in [-0.15, -0.1) is 0 Å². The summed E-state index contributed by atoms with van der Waals surface area (Å²) in [5, 5.41) is 19.3. The van der Waals surface area contributed by atoms with Crippen molar-refractivity contribution in [2.24, 2.45) is 0 Å². The van der Waals surface area contributed by atoms with E-state index in [9.17, 15) is 10.2 Å². The highest BCUT2D eigenvalue weighted by Gasteiger charge is 2.31. The van der Waals surface area contributed by atoms with Crippen LogP contribution in [0.1, 0.15) is 25.1 Å². The summed E-state index contributed by atoms with van der Waals surface area (Å²) in [5.74, 6) is 0. The van der Waals surface area contributed by atoms with Gasteiger partial charge in [-0.25, -0.2) is 0 Å². The number of aromatic nitrogens is 1. The SMILES string of the molecule is C[C@H](O)c1ccc(N2CC(O)CC2CN(C)C)cn1. The molecule has 0 radical (unpaired) electrons. The Kier molecular flexibility index (Phi) is 4.39. The molecule has 1 fully saturated rings. The van der Waals surface area contributed by atoms with E-state index in [2.05, 4.69) is 14.8 Å². The lowest BCUT2D eigenvalue weighted by Crippen LogP contribution is -2.37. The Labute approximate surface area is 114 Å². The van der Waals surface area contributed by atoms with Gasteiger partial charge in [0.1, 0.15) is 0 Å². The van der Waals surface area contributed by atoms with Crippen LogP contribution in [-0.4, -0.2) is 59.4 Å². The van der Waals surface area contributed by atoms with E-state index in [1.54, 1.807) is 13.1 Å². The van der Waals surface area contributed by atoms with Crippen molar-refractivity contribution in [3.05, 3.63) is 24.0 Å². The van der Waals surface area contributed by atoms with Crippen LogP contribution in [0.25, 0.3) is 0 Å². The third-order valence-corrected chi connectivity index (χ3v) is 3.50. The zero-order valence-corrected chi connectivity index (χ0v) is 11.8. The molecule has 2 rings (SSSR count). The molecule has 0 amide bonds. The highest BCUT2D eigenvalue weighted by molar-refractivity contribution is 5.47. The quantitative estimate of drug-likeness (QED) is 0.836. The van der Waals surface area contributed by atoms with Gasteiger partial charge in [-0.3, -0.25) is 4.98 Å². The van der Waals surface area contributed by atoms with E-state index in [0.717, 1.165) is 18.7 Å². The zero-order chi connectivity index (χ0) is 14.0. The molecule has 0 spiro atoms. The van der Waals surface area contributed by atoms with Crippen molar-refractivity contribution in [1.82, 2.24) is 9.88 Å². The minimum Gasteiger partial charge on any atom is -0.391 e. The summed E-state index contributed by atoms with van der Waals surface area (Å²) in [7, 11) is 4.08. The van der Waals surface area contributed by atoms with Gasteiger partial charge >= 0.3 is 0 Å². The van der Waals surface area contributed by atoms with Crippen LogP contribution in [0.3, 0.4) is 0 Å². The zero-order valence-electron chi connectivity index (χ0n) is 11.8. The van der Waals surface area contributed by atoms with Crippen molar-refractivity contribution in [3.8, 4) is 0 Å². The van der Waals surface area contributed by atoms with Gasteiger partial charge in [0, 0.05) is 19.1 Å². The van der Waals surface area contributed by atoms with E-state index in [1.165, 1.54) is 0 Å². The molecular formula is C14H23N3O2. The molecule has 1 aromatic rings. The molecule has 0 aromatic carbocycles. The van der Waals surface area contributed by atoms with E-state index in [4.69, 9.17) is 0 Å². The molecule has 2 unspecified atom stereocenters. The lowest BCUT2D eigenvalue weighted by molar-refractivity contribution is 0.191. The number of rotatable bonds is 4. The third-order valence-electron chi connectivity index (χ3n) is 3.50. The molecule has 1 saturated heterocycles. The first-order valence-electron chi connectivity index (χ1n) is 6.71. The molecule has 0 saturated carbocycles. The first kappa shape index (κ1) is 14.2. The second-order valence-corrected chi connectivity index (χ2v) is 5.58. The highest BCUT2D eigenvalue weighted by atomic mass is 16.3. The minimum absolute atomic E-state index is 0.276. The number of nitrogens with zero attached hydrogens (tertiary/aromatic N) is 3. The second-order valence-electron chi connectivity index (χ2n) is 5.58. The van der Waals surface area contributed by atoms with Crippen LogP contribution < -0.4 is 4.90 Å². The second kappa shape index (κ2) is 5.86. The summed E-state index contributed by atoms with van der Waals surface area (Å²) in [6.45, 7) is 3.26. The largest absolute Gasteiger partial charge is 0.391 e. The van der Waals surface area contributed by atoms with Crippen molar-refractivity contribution in [1.29, 1.82) is 0 Å². The van der Waals surface area contributed by atoms with Gasteiger partial charge in [-0.1, -0.05) is 0 Å². The molecule has 1 aliphatic rings. The first-order chi connectivity index (χ1) is 8.97. The van der Waals surface area contributed by atoms with Crippen LogP contribution in [0.2, 0.25) is 0 Å². The molecule has 1 aliphatic heterocycles. The number of aliphatic hydroxyl groups excluding tert-OH is 2. The average Bonchev–Trinajstić information content (AvgIpc) is 2.69. The van der Waals surface area contributed by atoms with Crippen molar-refractivity contribution < 1.29 is 10.2 Å². The monoisotopic (exact) mass is 265 g/mol. The summed E-state index contributed by atoms with van der Waals surface area (Å²) >= 11 is 0. The number of likely N-dealkylation sites (N-methyl/N-ethyl adjacent to an activating group) is 1. The van der Waals surface area contributed by atoms with Crippen LogP contribution in [0.4, 0.5) is 5.69 Å². The Balaban J connectivity index is 2.14. The normalized spacial score (nSPS) is 25.1. The molecule has 0 aliphatic carbocycles. The summed E-state index contributed by atoms with van der Waals surface area (Å²) in [6.07, 6.45) is 1.75. The molecule has 0 bridgehead atoms. The highest BCUT2D eigenvalue weighted by Crippen LogP contribution is 2.26. The molecule has 2 heterocycles. The maximum atomic E-state index is 9.87. The molecule has 19 heavy (non-hydrogen) atoms. The number of aliphatic hydroxyl groups is 2. The molecule has 3 atom stereocenters. The van der Waals surface area contributed by atoms with Gasteiger partial charge < -0.3 is 20.0 Å². The lowest BCUT2D eigenvalue weighted by atomic mass is 10.2. The van der Waals surface area contributed by atoms with Crippen LogP contribution in [0.15, 0.2) is 18.3 Å². The first-order valence-corrected chi connectivity index (χ1v) is 6.71. The number of hydrogen-bond acceptors (Lipinski definition) is 5. The Hall–Kier alpha value is -1.17. The van der Waals surface area contributed by atoms with Gasteiger partial charge in [0.2, 0.25) is 0 Å². The van der Waals surface area contributed by atoms with Gasteiger partial charge in [-0.05, 0) is 39.6 Å². The lowest BCUT2D eigenvalue weighted by Gasteiger charge is -2.28. The van der Waals surface area contributed by atoms with E-state index in [0.29, 0.717) is 18.3 Å². The molecular weight excluding hydrogens is 242 g/mol. The van der Waals surface area contributed by atoms with E-state index < -0.39 is 6.10 Å². The predicted molar refractivity (Wildman–Crippen MR) is 75.2 cm³/mol. The number of β-amino-alcohol motifs (C(OH)–C–C–N with tert-alkyl or cyclic N) is 1. The van der Waals surface area contributed by atoms with Gasteiger partial charge in [0.15, 0.2) is 0 Å². The molecule has 2 N–H and O–H groups in total. The Morgan fingerprint density at radius 1 is 1.47 bits per heavy atom. The molecule has 1 aromatic heterocycles.